The van der Waals surface area contributed by atoms with Crippen LogP contribution in [0.2, 0.25) is 0 Å². The zero-order chi connectivity index (χ0) is 11.5. The molecule has 82 valence electrons. The van der Waals surface area contributed by atoms with Crippen molar-refractivity contribution in [3.05, 3.63) is 41.0 Å². The maximum atomic E-state index is 11.5. The second-order valence-corrected chi connectivity index (χ2v) is 4.47. The summed E-state index contributed by atoms with van der Waals surface area (Å²) in [6.45, 7) is 1.88. The van der Waals surface area contributed by atoms with Gasteiger partial charge in [-0.05, 0) is 12.5 Å². The van der Waals surface area contributed by atoms with Crippen molar-refractivity contribution in [3.63, 3.8) is 0 Å². The van der Waals surface area contributed by atoms with Crippen LogP contribution in [0.5, 0.6) is 0 Å². The molecule has 2 rings (SSSR count). The summed E-state index contributed by atoms with van der Waals surface area (Å²) in [5, 5.41) is 0.860. The highest BCUT2D eigenvalue weighted by atomic mass is 32.1. The van der Waals surface area contributed by atoms with Crippen molar-refractivity contribution in [3.8, 4) is 10.4 Å². The Balaban J connectivity index is 2.53. The number of aryl methyl sites for hydroxylation is 1. The first-order valence-electron chi connectivity index (χ1n) is 4.83. The fourth-order valence-electron chi connectivity index (χ4n) is 1.45. The van der Waals surface area contributed by atoms with Crippen molar-refractivity contribution in [1.82, 2.24) is 4.98 Å². The average molecular weight is 233 g/mol. The van der Waals surface area contributed by atoms with Gasteiger partial charge in [0.1, 0.15) is 0 Å². The summed E-state index contributed by atoms with van der Waals surface area (Å²) in [6, 6.07) is 9.73. The first-order chi connectivity index (χ1) is 7.72. The number of aromatic nitrogens is 1. The number of benzene rings is 1. The van der Waals surface area contributed by atoms with Gasteiger partial charge in [-0.25, -0.2) is 9.78 Å². The van der Waals surface area contributed by atoms with E-state index in [2.05, 4.69) is 4.98 Å². The highest BCUT2D eigenvalue weighted by molar-refractivity contribution is 7.15. The molecule has 0 spiro atoms. The zero-order valence-electron chi connectivity index (χ0n) is 9.06. The van der Waals surface area contributed by atoms with E-state index in [1.54, 1.807) is 0 Å². The molecule has 16 heavy (non-hydrogen) atoms. The largest absolute Gasteiger partial charge is 0.464 e. The second-order valence-electron chi connectivity index (χ2n) is 3.27. The first kappa shape index (κ1) is 10.8. The molecule has 0 saturated carbocycles. The Labute approximate surface area is 97.7 Å². The number of carbonyl (C=O) groups is 1. The molecule has 0 aliphatic rings. The monoisotopic (exact) mass is 233 g/mol. The Morgan fingerprint density at radius 1 is 1.31 bits per heavy atom. The summed E-state index contributed by atoms with van der Waals surface area (Å²) in [6.07, 6.45) is 0. The Hall–Kier alpha value is -1.68. The van der Waals surface area contributed by atoms with Gasteiger partial charge in [-0.1, -0.05) is 30.3 Å². The van der Waals surface area contributed by atoms with E-state index in [-0.39, 0.29) is 5.97 Å². The van der Waals surface area contributed by atoms with Gasteiger partial charge in [-0.3, -0.25) is 0 Å². The van der Waals surface area contributed by atoms with Gasteiger partial charge in [0, 0.05) is 0 Å². The van der Waals surface area contributed by atoms with Gasteiger partial charge >= 0.3 is 5.97 Å². The van der Waals surface area contributed by atoms with Crippen LogP contribution in [0.4, 0.5) is 0 Å². The minimum Gasteiger partial charge on any atom is -0.464 e. The van der Waals surface area contributed by atoms with E-state index in [9.17, 15) is 4.79 Å². The van der Waals surface area contributed by atoms with Crippen molar-refractivity contribution >= 4 is 17.3 Å². The maximum absolute atomic E-state index is 11.5. The molecule has 2 aromatic rings. The third-order valence-corrected chi connectivity index (χ3v) is 3.17. The van der Waals surface area contributed by atoms with Crippen LogP contribution in [0.1, 0.15) is 15.5 Å². The topological polar surface area (TPSA) is 39.2 Å². The number of thiazole rings is 1. The molecule has 0 amide bonds. The zero-order valence-corrected chi connectivity index (χ0v) is 9.88. The summed E-state index contributed by atoms with van der Waals surface area (Å²) >= 11 is 1.50. The normalized spacial score (nSPS) is 10.1. The van der Waals surface area contributed by atoms with Gasteiger partial charge in [0.05, 0.1) is 17.0 Å². The van der Waals surface area contributed by atoms with Gasteiger partial charge in [0.25, 0.3) is 0 Å². The lowest BCUT2D eigenvalue weighted by Gasteiger charge is -1.99. The standard InChI is InChI=1S/C12H11NO2S/c1-8-13-10(12(14)15-2)11(16-8)9-6-4-3-5-7-9/h3-7H,1-2H3. The van der Waals surface area contributed by atoms with Crippen molar-refractivity contribution in [2.45, 2.75) is 6.92 Å². The third kappa shape index (κ3) is 1.97. The van der Waals surface area contributed by atoms with Crippen LogP contribution in [0.3, 0.4) is 0 Å². The van der Waals surface area contributed by atoms with E-state index in [0.717, 1.165) is 15.4 Å². The predicted molar refractivity (Wildman–Crippen MR) is 63.6 cm³/mol. The first-order valence-corrected chi connectivity index (χ1v) is 5.65. The Kier molecular flexibility index (Phi) is 3.01. The van der Waals surface area contributed by atoms with E-state index >= 15 is 0 Å². The van der Waals surface area contributed by atoms with Crippen molar-refractivity contribution in [1.29, 1.82) is 0 Å². The van der Waals surface area contributed by atoms with Crippen molar-refractivity contribution in [2.24, 2.45) is 0 Å². The molecule has 0 atom stereocenters. The Morgan fingerprint density at radius 3 is 2.62 bits per heavy atom. The van der Waals surface area contributed by atoms with Gasteiger partial charge in [0.2, 0.25) is 0 Å². The van der Waals surface area contributed by atoms with E-state index in [4.69, 9.17) is 4.74 Å². The molecule has 0 fully saturated rings. The molecular formula is C12H11NO2S. The summed E-state index contributed by atoms with van der Waals surface area (Å²) in [7, 11) is 1.37. The number of carbonyl (C=O) groups excluding carboxylic acids is 1. The Morgan fingerprint density at radius 2 is 2.00 bits per heavy atom. The summed E-state index contributed by atoms with van der Waals surface area (Å²) in [5.41, 5.74) is 1.39. The summed E-state index contributed by atoms with van der Waals surface area (Å²) in [5.74, 6) is -0.386. The number of rotatable bonds is 2. The second kappa shape index (κ2) is 4.45. The number of methoxy groups -OCH3 is 1. The van der Waals surface area contributed by atoms with Crippen molar-refractivity contribution in [2.75, 3.05) is 7.11 Å². The molecule has 0 saturated heterocycles. The lowest BCUT2D eigenvalue weighted by atomic mass is 10.1. The minimum absolute atomic E-state index is 0.386. The molecule has 0 unspecified atom stereocenters. The van der Waals surface area contributed by atoms with Crippen LogP contribution in [-0.4, -0.2) is 18.1 Å². The number of hydrogen-bond acceptors (Lipinski definition) is 4. The highest BCUT2D eigenvalue weighted by Crippen LogP contribution is 2.30. The Bertz CT molecular complexity index is 505. The molecule has 1 aromatic heterocycles. The number of ether oxygens (including phenoxy) is 1. The fourth-order valence-corrected chi connectivity index (χ4v) is 2.36. The third-order valence-electron chi connectivity index (χ3n) is 2.15. The lowest BCUT2D eigenvalue weighted by Crippen LogP contribution is -2.03. The molecule has 0 bridgehead atoms. The minimum atomic E-state index is -0.386. The van der Waals surface area contributed by atoms with Crippen LogP contribution < -0.4 is 0 Å². The molecule has 1 heterocycles. The average Bonchev–Trinajstić information content (AvgIpc) is 2.71. The number of hydrogen-bond donors (Lipinski definition) is 0. The lowest BCUT2D eigenvalue weighted by molar-refractivity contribution is 0.0595. The van der Waals surface area contributed by atoms with Crippen LogP contribution in [0.25, 0.3) is 10.4 Å². The van der Waals surface area contributed by atoms with E-state index in [1.807, 2.05) is 37.3 Å². The van der Waals surface area contributed by atoms with Crippen molar-refractivity contribution < 1.29 is 9.53 Å². The molecule has 1 aromatic carbocycles. The fraction of sp³-hybridized carbons (Fsp3) is 0.167. The highest BCUT2D eigenvalue weighted by Gasteiger charge is 2.18. The van der Waals surface area contributed by atoms with Crippen LogP contribution in [0, 0.1) is 6.92 Å². The van der Waals surface area contributed by atoms with Gasteiger partial charge in [-0.2, -0.15) is 0 Å². The van der Waals surface area contributed by atoms with E-state index in [0.29, 0.717) is 5.69 Å². The quantitative estimate of drug-likeness (QED) is 0.749. The van der Waals surface area contributed by atoms with Gasteiger partial charge in [-0.15, -0.1) is 11.3 Å². The predicted octanol–water partition coefficient (Wildman–Crippen LogP) is 2.91. The molecule has 0 aliphatic heterocycles. The maximum Gasteiger partial charge on any atom is 0.358 e. The number of nitrogens with zero attached hydrogens (tertiary/aromatic N) is 1. The van der Waals surface area contributed by atoms with E-state index in [1.165, 1.54) is 18.4 Å². The molecule has 0 radical (unpaired) electrons. The smallest absolute Gasteiger partial charge is 0.358 e. The molecular weight excluding hydrogens is 222 g/mol. The van der Waals surface area contributed by atoms with Crippen LogP contribution >= 0.6 is 11.3 Å². The summed E-state index contributed by atoms with van der Waals surface area (Å²) < 4.78 is 4.72. The molecule has 0 aliphatic carbocycles. The summed E-state index contributed by atoms with van der Waals surface area (Å²) in [4.78, 5) is 16.6. The van der Waals surface area contributed by atoms with Gasteiger partial charge in [0.15, 0.2) is 5.69 Å². The van der Waals surface area contributed by atoms with Crippen LogP contribution in [0.15, 0.2) is 30.3 Å². The van der Waals surface area contributed by atoms with E-state index < -0.39 is 0 Å². The number of esters is 1. The molecule has 4 heteroatoms. The SMILES string of the molecule is COC(=O)c1nc(C)sc1-c1ccccc1. The van der Waals surface area contributed by atoms with Crippen LogP contribution in [-0.2, 0) is 4.74 Å². The molecule has 0 N–H and O–H groups in total. The molecule has 3 nitrogen and oxygen atoms in total. The van der Waals surface area contributed by atoms with Gasteiger partial charge < -0.3 is 4.74 Å².